The van der Waals surface area contributed by atoms with Gasteiger partial charge in [0.05, 0.1) is 18.2 Å². The lowest BCUT2D eigenvalue weighted by Crippen LogP contribution is -2.51. The molecule has 3 atom stereocenters. The van der Waals surface area contributed by atoms with Crippen molar-refractivity contribution < 1.29 is 14.0 Å². The molecule has 1 saturated heterocycles. The monoisotopic (exact) mass is 321 g/mol. The van der Waals surface area contributed by atoms with E-state index in [1.54, 1.807) is 0 Å². The van der Waals surface area contributed by atoms with Gasteiger partial charge in [-0.15, -0.1) is 0 Å². The number of ether oxygens (including phenoxy) is 2. The molecule has 3 fully saturated rings. The number of fused-ring (bicyclic) bond motifs is 1. The van der Waals surface area contributed by atoms with Gasteiger partial charge in [-0.3, -0.25) is 4.90 Å². The normalized spacial score (nSPS) is 34.7. The lowest BCUT2D eigenvalue weighted by molar-refractivity contribution is -0.104. The molecule has 128 valence electrons. The number of methoxy groups -OCH3 is 1. The maximum atomic E-state index is 6.17. The molecule has 6 heteroatoms. The second-order valence-electron chi connectivity index (χ2n) is 7.41. The van der Waals surface area contributed by atoms with Gasteiger partial charge in [-0.1, -0.05) is 5.16 Å². The fourth-order valence-electron chi connectivity index (χ4n) is 4.23. The predicted molar refractivity (Wildman–Crippen MR) is 83.9 cm³/mol. The first-order valence-electron chi connectivity index (χ1n) is 8.88. The van der Waals surface area contributed by atoms with Crippen LogP contribution in [0.3, 0.4) is 0 Å². The fraction of sp³-hybridized carbons (Fsp3) is 0.882. The summed E-state index contributed by atoms with van der Waals surface area (Å²) in [6, 6.07) is 0.387. The minimum Gasteiger partial charge on any atom is -0.378 e. The van der Waals surface area contributed by atoms with Crippen molar-refractivity contribution >= 4 is 0 Å². The minimum absolute atomic E-state index is 0.0193. The minimum atomic E-state index is -0.0193. The first kappa shape index (κ1) is 15.5. The molecule has 0 unspecified atom stereocenters. The van der Waals surface area contributed by atoms with Crippen LogP contribution < -0.4 is 0 Å². The molecule has 0 N–H and O–H groups in total. The Bertz CT molecular complexity index is 545. The SMILES string of the molecule is CO[C@@]12CC[C@H](OCC3CC3)C[C@@H]1N(Cc1nc(C)no1)CC2. The van der Waals surface area contributed by atoms with Crippen LogP contribution in [0.2, 0.25) is 0 Å². The van der Waals surface area contributed by atoms with Gasteiger partial charge < -0.3 is 14.0 Å². The van der Waals surface area contributed by atoms with Crippen LogP contribution in [0.15, 0.2) is 4.52 Å². The Hall–Kier alpha value is -0.980. The first-order chi connectivity index (χ1) is 11.2. The zero-order valence-corrected chi connectivity index (χ0v) is 14.2. The predicted octanol–water partition coefficient (Wildman–Crippen LogP) is 2.32. The molecule has 3 aliphatic rings. The molecule has 2 aliphatic carbocycles. The lowest BCUT2D eigenvalue weighted by atomic mass is 9.79. The van der Waals surface area contributed by atoms with E-state index in [-0.39, 0.29) is 5.60 Å². The van der Waals surface area contributed by atoms with Gasteiger partial charge in [-0.05, 0) is 51.4 Å². The Morgan fingerprint density at radius 2 is 2.17 bits per heavy atom. The van der Waals surface area contributed by atoms with Crippen molar-refractivity contribution in [3.8, 4) is 0 Å². The summed E-state index contributed by atoms with van der Waals surface area (Å²) < 4.78 is 17.5. The highest BCUT2D eigenvalue weighted by molar-refractivity contribution is 5.06. The van der Waals surface area contributed by atoms with Gasteiger partial charge in [0.15, 0.2) is 5.82 Å². The summed E-state index contributed by atoms with van der Waals surface area (Å²) in [4.78, 5) is 6.80. The third-order valence-electron chi connectivity index (χ3n) is 5.82. The van der Waals surface area contributed by atoms with Crippen molar-refractivity contribution in [1.82, 2.24) is 15.0 Å². The molecular formula is C17H27N3O3. The van der Waals surface area contributed by atoms with E-state index in [4.69, 9.17) is 14.0 Å². The van der Waals surface area contributed by atoms with Gasteiger partial charge in [-0.25, -0.2) is 0 Å². The van der Waals surface area contributed by atoms with Crippen molar-refractivity contribution in [2.45, 2.75) is 69.7 Å². The van der Waals surface area contributed by atoms with E-state index in [1.165, 1.54) is 12.8 Å². The van der Waals surface area contributed by atoms with E-state index < -0.39 is 0 Å². The smallest absolute Gasteiger partial charge is 0.240 e. The second kappa shape index (κ2) is 6.15. The molecule has 23 heavy (non-hydrogen) atoms. The zero-order valence-electron chi connectivity index (χ0n) is 14.2. The van der Waals surface area contributed by atoms with Crippen LogP contribution in [-0.2, 0) is 16.0 Å². The zero-order chi connectivity index (χ0) is 15.9. The van der Waals surface area contributed by atoms with Gasteiger partial charge in [0, 0.05) is 26.3 Å². The molecule has 1 aromatic rings. The first-order valence-corrected chi connectivity index (χ1v) is 8.88. The largest absolute Gasteiger partial charge is 0.378 e. The van der Waals surface area contributed by atoms with Gasteiger partial charge in [0.2, 0.25) is 5.89 Å². The van der Waals surface area contributed by atoms with Gasteiger partial charge >= 0.3 is 0 Å². The highest BCUT2D eigenvalue weighted by atomic mass is 16.5. The molecule has 0 bridgehead atoms. The molecule has 0 aromatic carbocycles. The Morgan fingerprint density at radius 1 is 1.30 bits per heavy atom. The molecule has 2 saturated carbocycles. The van der Waals surface area contributed by atoms with Crippen LogP contribution in [0.5, 0.6) is 0 Å². The van der Waals surface area contributed by atoms with Crippen molar-refractivity contribution in [1.29, 1.82) is 0 Å². The summed E-state index contributed by atoms with van der Waals surface area (Å²) in [6.07, 6.45) is 7.40. The third-order valence-corrected chi connectivity index (χ3v) is 5.82. The van der Waals surface area contributed by atoms with Crippen molar-refractivity contribution in [2.24, 2.45) is 5.92 Å². The highest BCUT2D eigenvalue weighted by Crippen LogP contribution is 2.44. The number of hydrogen-bond donors (Lipinski definition) is 0. The Kier molecular flexibility index (Phi) is 4.15. The number of nitrogens with zero attached hydrogens (tertiary/aromatic N) is 3. The topological polar surface area (TPSA) is 60.6 Å². The fourth-order valence-corrected chi connectivity index (χ4v) is 4.23. The Balaban J connectivity index is 1.43. The number of hydrogen-bond acceptors (Lipinski definition) is 6. The van der Waals surface area contributed by atoms with Crippen LogP contribution in [0, 0.1) is 12.8 Å². The third kappa shape index (κ3) is 3.16. The van der Waals surface area contributed by atoms with Crippen LogP contribution >= 0.6 is 0 Å². The van der Waals surface area contributed by atoms with E-state index in [9.17, 15) is 0 Å². The van der Waals surface area contributed by atoms with Gasteiger partial charge in [0.25, 0.3) is 0 Å². The van der Waals surface area contributed by atoms with E-state index in [2.05, 4.69) is 15.0 Å². The summed E-state index contributed by atoms with van der Waals surface area (Å²) in [5.74, 6) is 2.23. The molecule has 1 aromatic heterocycles. The summed E-state index contributed by atoms with van der Waals surface area (Å²) >= 11 is 0. The van der Waals surface area contributed by atoms with Crippen LogP contribution in [0.4, 0.5) is 0 Å². The maximum absolute atomic E-state index is 6.17. The van der Waals surface area contributed by atoms with Gasteiger partial charge in [-0.2, -0.15) is 4.98 Å². The molecule has 0 spiro atoms. The Labute approximate surface area is 137 Å². The number of rotatable bonds is 6. The molecule has 1 aliphatic heterocycles. The molecular weight excluding hydrogens is 294 g/mol. The second-order valence-corrected chi connectivity index (χ2v) is 7.41. The van der Waals surface area contributed by atoms with Crippen molar-refractivity contribution in [3.05, 3.63) is 11.7 Å². The summed E-state index contributed by atoms with van der Waals surface area (Å²) in [6.45, 7) is 4.54. The van der Waals surface area contributed by atoms with E-state index in [0.29, 0.717) is 30.4 Å². The van der Waals surface area contributed by atoms with Gasteiger partial charge in [0.1, 0.15) is 0 Å². The lowest BCUT2D eigenvalue weighted by Gasteiger charge is -2.43. The quantitative estimate of drug-likeness (QED) is 0.801. The average molecular weight is 321 g/mol. The molecule has 0 amide bonds. The molecule has 2 heterocycles. The number of likely N-dealkylation sites (tertiary alicyclic amines) is 1. The Morgan fingerprint density at radius 3 is 2.87 bits per heavy atom. The van der Waals surface area contributed by atoms with Crippen molar-refractivity contribution in [2.75, 3.05) is 20.3 Å². The maximum Gasteiger partial charge on any atom is 0.240 e. The van der Waals surface area contributed by atoms with E-state index in [1.807, 2.05) is 14.0 Å². The van der Waals surface area contributed by atoms with Crippen LogP contribution in [0.25, 0.3) is 0 Å². The van der Waals surface area contributed by atoms with Crippen LogP contribution in [0.1, 0.15) is 50.2 Å². The molecule has 4 rings (SSSR count). The van der Waals surface area contributed by atoms with Crippen LogP contribution in [-0.4, -0.2) is 53.0 Å². The summed E-state index contributed by atoms with van der Waals surface area (Å²) in [5, 5.41) is 3.90. The molecule has 6 nitrogen and oxygen atoms in total. The van der Waals surface area contributed by atoms with E-state index >= 15 is 0 Å². The summed E-state index contributed by atoms with van der Waals surface area (Å²) in [7, 11) is 1.86. The standard InChI is InChI=1S/C17H27N3O3/c1-12-18-16(23-19-12)10-20-8-7-17(21-2)6-5-14(9-15(17)20)22-11-13-3-4-13/h13-15H,3-11H2,1-2H3/t14-,15-,17+/m0/s1. The molecule has 0 radical (unpaired) electrons. The average Bonchev–Trinajstić information content (AvgIpc) is 3.21. The van der Waals surface area contributed by atoms with E-state index in [0.717, 1.165) is 44.8 Å². The highest BCUT2D eigenvalue weighted by Gasteiger charge is 2.51. The summed E-state index contributed by atoms with van der Waals surface area (Å²) in [5.41, 5.74) is -0.0193. The number of aromatic nitrogens is 2. The number of aryl methyl sites for hydroxylation is 1. The van der Waals surface area contributed by atoms with Crippen molar-refractivity contribution in [3.63, 3.8) is 0 Å².